The molecule has 2 aromatic carbocycles. The Bertz CT molecular complexity index is 924. The van der Waals surface area contributed by atoms with Crippen LogP contribution in [-0.4, -0.2) is 19.5 Å². The summed E-state index contributed by atoms with van der Waals surface area (Å²) in [4.78, 5) is 4.53. The number of pyridine rings is 1. The molecule has 1 atom stereocenters. The van der Waals surface area contributed by atoms with E-state index in [0.717, 1.165) is 32.1 Å². The molecular weight excluding hydrogens is 386 g/mol. The Kier molecular flexibility index (Phi) is 4.85. The summed E-state index contributed by atoms with van der Waals surface area (Å²) in [6.07, 6.45) is 1.78. The standard InChI is InChI=1S/C19H18BrNO2S/c1-19(2,12-24(22)23)15-9-14-6-4-8-21-18(14)17(11-15)13-5-3-7-16(20)10-13/h3-11H,12H2,1-2H3,(H,22,23)/p-1. The highest BCUT2D eigenvalue weighted by Gasteiger charge is 2.23. The van der Waals surface area contributed by atoms with Crippen LogP contribution in [0.1, 0.15) is 19.4 Å². The maximum Gasteiger partial charge on any atom is 0.0780 e. The molecule has 0 aliphatic heterocycles. The minimum absolute atomic E-state index is 0.0801. The molecular formula is C19H17BrNO2S-. The van der Waals surface area contributed by atoms with Crippen LogP contribution in [0.4, 0.5) is 0 Å². The van der Waals surface area contributed by atoms with Crippen LogP contribution in [0.15, 0.2) is 59.2 Å². The fourth-order valence-corrected chi connectivity index (χ4v) is 3.99. The molecule has 0 aliphatic rings. The summed E-state index contributed by atoms with van der Waals surface area (Å²) in [5.41, 5.74) is 3.49. The van der Waals surface area contributed by atoms with Gasteiger partial charge in [-0.05, 0) is 41.5 Å². The quantitative estimate of drug-likeness (QED) is 0.587. The van der Waals surface area contributed by atoms with Crippen molar-refractivity contribution in [1.82, 2.24) is 4.98 Å². The van der Waals surface area contributed by atoms with Crippen molar-refractivity contribution in [2.45, 2.75) is 19.3 Å². The van der Waals surface area contributed by atoms with Crippen molar-refractivity contribution in [2.75, 3.05) is 5.75 Å². The molecule has 0 spiro atoms. The second-order valence-electron chi connectivity index (χ2n) is 6.44. The Morgan fingerprint density at radius 2 is 1.96 bits per heavy atom. The van der Waals surface area contributed by atoms with Gasteiger partial charge in [-0.25, -0.2) is 0 Å². The molecule has 3 aromatic rings. The predicted molar refractivity (Wildman–Crippen MR) is 102 cm³/mol. The van der Waals surface area contributed by atoms with Gasteiger partial charge in [0.2, 0.25) is 0 Å². The zero-order valence-electron chi connectivity index (χ0n) is 13.5. The number of halogens is 1. The second kappa shape index (κ2) is 6.75. The molecule has 0 aliphatic carbocycles. The summed E-state index contributed by atoms with van der Waals surface area (Å²) < 4.78 is 23.5. The molecule has 1 unspecified atom stereocenters. The molecule has 3 rings (SSSR count). The van der Waals surface area contributed by atoms with E-state index in [2.05, 4.69) is 27.0 Å². The van der Waals surface area contributed by atoms with Crippen LogP contribution in [0.2, 0.25) is 0 Å². The van der Waals surface area contributed by atoms with Gasteiger partial charge in [-0.3, -0.25) is 9.19 Å². The van der Waals surface area contributed by atoms with Gasteiger partial charge in [-0.2, -0.15) is 0 Å². The molecule has 24 heavy (non-hydrogen) atoms. The lowest BCUT2D eigenvalue weighted by Crippen LogP contribution is -2.25. The van der Waals surface area contributed by atoms with Crippen LogP contribution in [-0.2, 0) is 16.5 Å². The Morgan fingerprint density at radius 3 is 2.67 bits per heavy atom. The summed E-state index contributed by atoms with van der Waals surface area (Å²) in [7, 11) is 0. The largest absolute Gasteiger partial charge is 0.772 e. The van der Waals surface area contributed by atoms with Gasteiger partial charge in [0.25, 0.3) is 0 Å². The number of fused-ring (bicyclic) bond motifs is 1. The van der Waals surface area contributed by atoms with Crippen molar-refractivity contribution in [2.24, 2.45) is 0 Å². The third-order valence-corrected chi connectivity index (χ3v) is 5.55. The van der Waals surface area contributed by atoms with Crippen LogP contribution < -0.4 is 0 Å². The molecule has 0 amide bonds. The lowest BCUT2D eigenvalue weighted by molar-refractivity contribution is 0.508. The van der Waals surface area contributed by atoms with Crippen LogP contribution in [0.25, 0.3) is 22.0 Å². The molecule has 124 valence electrons. The third kappa shape index (κ3) is 3.58. The molecule has 0 saturated carbocycles. The summed E-state index contributed by atoms with van der Waals surface area (Å²) in [6, 6.07) is 16.1. The lowest BCUT2D eigenvalue weighted by atomic mass is 9.84. The van der Waals surface area contributed by atoms with E-state index in [-0.39, 0.29) is 5.75 Å². The first-order valence-electron chi connectivity index (χ1n) is 7.58. The van der Waals surface area contributed by atoms with Crippen molar-refractivity contribution in [3.8, 4) is 11.1 Å². The van der Waals surface area contributed by atoms with Gasteiger partial charge in [-0.15, -0.1) is 0 Å². The number of nitrogens with zero attached hydrogens (tertiary/aromatic N) is 1. The fourth-order valence-electron chi connectivity index (χ4n) is 2.84. The van der Waals surface area contributed by atoms with E-state index in [0.29, 0.717) is 0 Å². The van der Waals surface area contributed by atoms with Crippen molar-refractivity contribution in [1.29, 1.82) is 0 Å². The SMILES string of the molecule is CC(C)(CS(=O)[O-])c1cc(-c2cccc(Br)c2)c2ncccc2c1. The van der Waals surface area contributed by atoms with Crippen LogP contribution in [0.3, 0.4) is 0 Å². The van der Waals surface area contributed by atoms with E-state index in [9.17, 15) is 8.76 Å². The summed E-state index contributed by atoms with van der Waals surface area (Å²) in [6.45, 7) is 3.90. The topological polar surface area (TPSA) is 53.0 Å². The molecule has 0 radical (unpaired) electrons. The van der Waals surface area contributed by atoms with E-state index in [1.165, 1.54) is 0 Å². The summed E-state index contributed by atoms with van der Waals surface area (Å²) >= 11 is 1.42. The minimum atomic E-state index is -2.10. The Morgan fingerprint density at radius 1 is 1.17 bits per heavy atom. The Balaban J connectivity index is 2.26. The van der Waals surface area contributed by atoms with E-state index >= 15 is 0 Å². The van der Waals surface area contributed by atoms with E-state index in [1.807, 2.05) is 56.3 Å². The number of hydrogen-bond acceptors (Lipinski definition) is 3. The highest BCUT2D eigenvalue weighted by molar-refractivity contribution is 9.10. The van der Waals surface area contributed by atoms with E-state index in [1.54, 1.807) is 6.20 Å². The van der Waals surface area contributed by atoms with Crippen molar-refractivity contribution in [3.63, 3.8) is 0 Å². The van der Waals surface area contributed by atoms with E-state index in [4.69, 9.17) is 0 Å². The molecule has 0 bridgehead atoms. The number of benzene rings is 2. The van der Waals surface area contributed by atoms with Gasteiger partial charge in [0, 0.05) is 32.8 Å². The third-order valence-electron chi connectivity index (χ3n) is 4.10. The highest BCUT2D eigenvalue weighted by atomic mass is 79.9. The van der Waals surface area contributed by atoms with Gasteiger partial charge in [0.15, 0.2) is 0 Å². The van der Waals surface area contributed by atoms with Gasteiger partial charge >= 0.3 is 0 Å². The molecule has 1 heterocycles. The molecule has 0 fully saturated rings. The first kappa shape index (κ1) is 17.3. The van der Waals surface area contributed by atoms with Crippen molar-refractivity contribution in [3.05, 3.63) is 64.8 Å². The first-order chi connectivity index (χ1) is 11.4. The van der Waals surface area contributed by atoms with E-state index < -0.39 is 16.5 Å². The predicted octanol–water partition coefficient (Wildman–Crippen LogP) is 4.82. The average Bonchev–Trinajstić information content (AvgIpc) is 2.52. The fraction of sp³-hybridized carbons (Fsp3) is 0.211. The number of aromatic nitrogens is 1. The number of hydrogen-bond donors (Lipinski definition) is 0. The van der Waals surface area contributed by atoms with Crippen LogP contribution >= 0.6 is 15.9 Å². The zero-order valence-corrected chi connectivity index (χ0v) is 15.9. The van der Waals surface area contributed by atoms with Gasteiger partial charge in [0.1, 0.15) is 0 Å². The van der Waals surface area contributed by atoms with Crippen LogP contribution in [0.5, 0.6) is 0 Å². The molecule has 5 heteroatoms. The van der Waals surface area contributed by atoms with Crippen LogP contribution in [0, 0.1) is 0 Å². The summed E-state index contributed by atoms with van der Waals surface area (Å²) in [5.74, 6) is 0.0801. The Hall–Kier alpha value is -1.56. The monoisotopic (exact) mass is 402 g/mol. The molecule has 0 saturated heterocycles. The lowest BCUT2D eigenvalue weighted by Gasteiger charge is -2.27. The molecule has 0 N–H and O–H groups in total. The second-order valence-corrected chi connectivity index (χ2v) is 8.25. The first-order valence-corrected chi connectivity index (χ1v) is 9.61. The van der Waals surface area contributed by atoms with Crippen molar-refractivity contribution < 1.29 is 8.76 Å². The van der Waals surface area contributed by atoms with Gasteiger partial charge in [0.05, 0.1) is 5.52 Å². The van der Waals surface area contributed by atoms with Crippen molar-refractivity contribution >= 4 is 37.9 Å². The molecule has 3 nitrogen and oxygen atoms in total. The maximum absolute atomic E-state index is 11.2. The minimum Gasteiger partial charge on any atom is -0.772 e. The van der Waals surface area contributed by atoms with Gasteiger partial charge < -0.3 is 4.55 Å². The smallest absolute Gasteiger partial charge is 0.0780 e. The maximum atomic E-state index is 11.2. The Labute approximate surface area is 152 Å². The normalized spacial score (nSPS) is 13.2. The number of rotatable bonds is 4. The zero-order chi connectivity index (χ0) is 17.3. The molecule has 1 aromatic heterocycles. The average molecular weight is 403 g/mol. The highest BCUT2D eigenvalue weighted by Crippen LogP contribution is 2.35. The summed E-state index contributed by atoms with van der Waals surface area (Å²) in [5, 5.41) is 1.01. The van der Waals surface area contributed by atoms with Gasteiger partial charge in [-0.1, -0.05) is 59.1 Å².